The molecule has 2 aromatic rings. The van der Waals surface area contributed by atoms with Gasteiger partial charge >= 0.3 is 0 Å². The van der Waals surface area contributed by atoms with Crippen molar-refractivity contribution in [1.29, 1.82) is 0 Å². The van der Waals surface area contributed by atoms with Crippen molar-refractivity contribution < 1.29 is 14.3 Å². The zero-order valence-corrected chi connectivity index (χ0v) is 15.3. The molecule has 1 aromatic heterocycles. The molecule has 1 atom stereocenters. The van der Waals surface area contributed by atoms with Gasteiger partial charge in [-0.25, -0.2) is 0 Å². The summed E-state index contributed by atoms with van der Waals surface area (Å²) in [6.07, 6.45) is 1.59. The zero-order chi connectivity index (χ0) is 17.8. The van der Waals surface area contributed by atoms with Crippen molar-refractivity contribution in [3.8, 4) is 5.75 Å². The lowest BCUT2D eigenvalue weighted by Crippen LogP contribution is -2.46. The summed E-state index contributed by atoms with van der Waals surface area (Å²) in [5, 5.41) is 1.88. The Morgan fingerprint density at radius 2 is 2.04 bits per heavy atom. The van der Waals surface area contributed by atoms with Crippen LogP contribution >= 0.6 is 11.3 Å². The van der Waals surface area contributed by atoms with E-state index >= 15 is 0 Å². The third-order valence-corrected chi connectivity index (χ3v) is 5.34. The minimum absolute atomic E-state index is 0.00164. The molecule has 2 heterocycles. The number of hydrogen-bond donors (Lipinski definition) is 0. The summed E-state index contributed by atoms with van der Waals surface area (Å²) in [6.45, 7) is 1.16. The number of benzene rings is 1. The van der Waals surface area contributed by atoms with Crippen LogP contribution in [0.25, 0.3) is 0 Å². The Labute approximate surface area is 151 Å². The lowest BCUT2D eigenvalue weighted by atomic mass is 10.1. The second-order valence-electron chi connectivity index (χ2n) is 6.18. The van der Waals surface area contributed by atoms with E-state index in [4.69, 9.17) is 4.74 Å². The first kappa shape index (κ1) is 17.5. The molecule has 0 radical (unpaired) electrons. The maximum absolute atomic E-state index is 12.9. The molecule has 3 rings (SSSR count). The highest BCUT2D eigenvalue weighted by Gasteiger charge is 2.36. The number of hydrogen-bond acceptors (Lipinski definition) is 4. The number of nitrogens with zero attached hydrogens (tertiary/aromatic N) is 2. The fourth-order valence-corrected chi connectivity index (χ4v) is 3.82. The third kappa shape index (κ3) is 3.85. The first-order valence-electron chi connectivity index (χ1n) is 8.32. The van der Waals surface area contributed by atoms with Crippen LogP contribution in [-0.2, 0) is 11.3 Å². The fraction of sp³-hybridized carbons (Fsp3) is 0.368. The largest absolute Gasteiger partial charge is 0.497 e. The first-order chi connectivity index (χ1) is 12.1. The molecule has 132 valence electrons. The van der Waals surface area contributed by atoms with Crippen molar-refractivity contribution in [1.82, 2.24) is 9.80 Å². The normalized spacial score (nSPS) is 16.7. The maximum atomic E-state index is 12.9. The van der Waals surface area contributed by atoms with Gasteiger partial charge in [-0.05, 0) is 42.0 Å². The molecule has 1 saturated heterocycles. The third-order valence-electron chi connectivity index (χ3n) is 4.49. The zero-order valence-electron chi connectivity index (χ0n) is 14.5. The van der Waals surface area contributed by atoms with E-state index in [1.165, 1.54) is 11.3 Å². The SMILES string of the molecule is COc1ccc(CN(C)C(=O)[C@H]2CCCN2C(=O)c2cccs2)cc1. The number of thiophene rings is 1. The Balaban J connectivity index is 1.66. The van der Waals surface area contributed by atoms with Crippen LogP contribution in [0.2, 0.25) is 0 Å². The van der Waals surface area contributed by atoms with Crippen molar-refractivity contribution in [2.24, 2.45) is 0 Å². The highest BCUT2D eigenvalue weighted by molar-refractivity contribution is 7.12. The first-order valence-corrected chi connectivity index (χ1v) is 9.20. The van der Waals surface area contributed by atoms with Crippen molar-refractivity contribution in [2.45, 2.75) is 25.4 Å². The molecule has 25 heavy (non-hydrogen) atoms. The summed E-state index contributed by atoms with van der Waals surface area (Å²) in [7, 11) is 3.42. The lowest BCUT2D eigenvalue weighted by molar-refractivity contribution is -0.134. The highest BCUT2D eigenvalue weighted by atomic mass is 32.1. The second-order valence-corrected chi connectivity index (χ2v) is 7.12. The Kier molecular flexibility index (Phi) is 5.38. The van der Waals surface area contributed by atoms with E-state index in [1.54, 1.807) is 24.0 Å². The van der Waals surface area contributed by atoms with Crippen molar-refractivity contribution >= 4 is 23.2 Å². The van der Waals surface area contributed by atoms with Gasteiger partial charge in [0.1, 0.15) is 11.8 Å². The quantitative estimate of drug-likeness (QED) is 0.825. The van der Waals surface area contributed by atoms with Gasteiger partial charge in [-0.3, -0.25) is 9.59 Å². The molecule has 0 unspecified atom stereocenters. The summed E-state index contributed by atoms with van der Waals surface area (Å²) in [4.78, 5) is 29.6. The van der Waals surface area contributed by atoms with Crippen molar-refractivity contribution in [3.05, 3.63) is 52.2 Å². The molecule has 6 heteroatoms. The Morgan fingerprint density at radius 1 is 1.28 bits per heavy atom. The fourth-order valence-electron chi connectivity index (χ4n) is 3.15. The molecule has 1 fully saturated rings. The van der Waals surface area contributed by atoms with Gasteiger partial charge in [0, 0.05) is 20.1 Å². The molecular formula is C19H22N2O3S. The Morgan fingerprint density at radius 3 is 2.68 bits per heavy atom. The average molecular weight is 358 g/mol. The van der Waals surface area contributed by atoms with Crippen LogP contribution in [-0.4, -0.2) is 48.4 Å². The predicted molar refractivity (Wildman–Crippen MR) is 97.8 cm³/mol. The molecule has 2 amide bonds. The minimum Gasteiger partial charge on any atom is -0.497 e. The summed E-state index contributed by atoms with van der Waals surface area (Å²) < 4.78 is 5.15. The standard InChI is InChI=1S/C19H22N2O3S/c1-20(13-14-7-9-15(24-2)10-8-14)18(22)16-5-3-11-21(16)19(23)17-6-4-12-25-17/h4,6-10,12,16H,3,5,11,13H2,1-2H3/t16-/m1/s1. The summed E-state index contributed by atoms with van der Waals surface area (Å²) in [6, 6.07) is 11.0. The summed E-state index contributed by atoms with van der Waals surface area (Å²) >= 11 is 1.42. The molecule has 0 N–H and O–H groups in total. The van der Waals surface area contributed by atoms with Crippen LogP contribution in [0.4, 0.5) is 0 Å². The van der Waals surface area contributed by atoms with Crippen molar-refractivity contribution in [3.63, 3.8) is 0 Å². The van der Waals surface area contributed by atoms with Crippen LogP contribution in [0.15, 0.2) is 41.8 Å². The van der Waals surface area contributed by atoms with Crippen LogP contribution in [0, 0.1) is 0 Å². The van der Waals surface area contributed by atoms with E-state index in [0.717, 1.165) is 24.2 Å². The van der Waals surface area contributed by atoms with Gasteiger partial charge in [0.05, 0.1) is 12.0 Å². The average Bonchev–Trinajstić information content (AvgIpc) is 3.32. The van der Waals surface area contributed by atoms with Gasteiger partial charge in [0.25, 0.3) is 5.91 Å². The Hall–Kier alpha value is -2.34. The number of likely N-dealkylation sites (N-methyl/N-ethyl adjacent to an activating group) is 1. The van der Waals surface area contributed by atoms with Gasteiger partial charge < -0.3 is 14.5 Å². The van der Waals surface area contributed by atoms with Crippen LogP contribution in [0.3, 0.4) is 0 Å². The molecule has 0 bridgehead atoms. The molecule has 1 aliphatic rings. The van der Waals surface area contributed by atoms with Crippen LogP contribution in [0.5, 0.6) is 5.75 Å². The molecule has 0 spiro atoms. The number of likely N-dealkylation sites (tertiary alicyclic amines) is 1. The number of methoxy groups -OCH3 is 1. The highest BCUT2D eigenvalue weighted by Crippen LogP contribution is 2.24. The molecule has 0 saturated carbocycles. The van der Waals surface area contributed by atoms with Crippen LogP contribution in [0.1, 0.15) is 28.1 Å². The van der Waals surface area contributed by atoms with E-state index in [-0.39, 0.29) is 17.9 Å². The van der Waals surface area contributed by atoms with E-state index in [9.17, 15) is 9.59 Å². The smallest absolute Gasteiger partial charge is 0.264 e. The van der Waals surface area contributed by atoms with Crippen LogP contribution < -0.4 is 4.74 Å². The van der Waals surface area contributed by atoms with Gasteiger partial charge in [0.15, 0.2) is 0 Å². The van der Waals surface area contributed by atoms with E-state index in [2.05, 4.69) is 0 Å². The monoisotopic (exact) mass is 358 g/mol. The summed E-state index contributed by atoms with van der Waals surface area (Å²) in [5.74, 6) is 0.753. The number of ether oxygens (including phenoxy) is 1. The van der Waals surface area contributed by atoms with Crippen molar-refractivity contribution in [2.75, 3.05) is 20.7 Å². The van der Waals surface area contributed by atoms with Gasteiger partial charge in [-0.15, -0.1) is 11.3 Å². The molecule has 5 nitrogen and oxygen atoms in total. The van der Waals surface area contributed by atoms with Gasteiger partial charge in [0.2, 0.25) is 5.91 Å². The number of rotatable bonds is 5. The van der Waals surface area contributed by atoms with Gasteiger partial charge in [-0.2, -0.15) is 0 Å². The number of amides is 2. The predicted octanol–water partition coefficient (Wildman–Crippen LogP) is 3.02. The van der Waals surface area contributed by atoms with Gasteiger partial charge in [-0.1, -0.05) is 18.2 Å². The minimum atomic E-state index is -0.363. The molecular weight excluding hydrogens is 336 g/mol. The molecule has 0 aliphatic carbocycles. The van der Waals surface area contributed by atoms with E-state index < -0.39 is 0 Å². The number of carbonyl (C=O) groups excluding carboxylic acids is 2. The lowest BCUT2D eigenvalue weighted by Gasteiger charge is -2.28. The Bertz CT molecular complexity index is 728. The second kappa shape index (κ2) is 7.70. The summed E-state index contributed by atoms with van der Waals surface area (Å²) in [5.41, 5.74) is 1.03. The van der Waals surface area contributed by atoms with E-state index in [0.29, 0.717) is 18.0 Å². The topological polar surface area (TPSA) is 49.9 Å². The maximum Gasteiger partial charge on any atom is 0.264 e. The number of carbonyl (C=O) groups is 2. The molecule has 1 aliphatic heterocycles. The molecule has 1 aromatic carbocycles. The van der Waals surface area contributed by atoms with E-state index in [1.807, 2.05) is 41.8 Å².